The van der Waals surface area contributed by atoms with E-state index in [9.17, 15) is 41.4 Å². The van der Waals surface area contributed by atoms with Crippen LogP contribution < -0.4 is 10.1 Å². The van der Waals surface area contributed by atoms with E-state index in [1.807, 2.05) is 0 Å². The minimum absolute atomic E-state index is 0.0734. The van der Waals surface area contributed by atoms with Crippen molar-refractivity contribution in [2.24, 2.45) is 5.92 Å². The maximum absolute atomic E-state index is 14.6. The lowest BCUT2D eigenvalue weighted by atomic mass is 9.93. The number of carboxylic acid groups (broad SMARTS) is 1. The van der Waals surface area contributed by atoms with Gasteiger partial charge < -0.3 is 20.3 Å². The molecule has 13 heteroatoms. The van der Waals surface area contributed by atoms with Gasteiger partial charge >= 0.3 is 12.3 Å². The molecule has 1 aliphatic rings. The Morgan fingerprint density at radius 1 is 1.05 bits per heavy atom. The van der Waals surface area contributed by atoms with Crippen LogP contribution in [0, 0.1) is 24.5 Å². The van der Waals surface area contributed by atoms with Gasteiger partial charge in [0, 0.05) is 17.8 Å². The van der Waals surface area contributed by atoms with Crippen molar-refractivity contribution in [1.29, 1.82) is 0 Å². The van der Waals surface area contributed by atoms with Gasteiger partial charge in [-0.3, -0.25) is 9.59 Å². The number of carbonyl (C=O) groups excluding carboxylic acids is 2. The lowest BCUT2D eigenvalue weighted by molar-refractivity contribution is -0.137. The van der Waals surface area contributed by atoms with E-state index < -0.39 is 64.4 Å². The minimum Gasteiger partial charge on any atom is -0.465 e. The van der Waals surface area contributed by atoms with Crippen LogP contribution in [0.25, 0.3) is 0 Å². The van der Waals surface area contributed by atoms with Crippen LogP contribution in [0.2, 0.25) is 0 Å². The van der Waals surface area contributed by atoms with Gasteiger partial charge in [-0.05, 0) is 73.5 Å². The van der Waals surface area contributed by atoms with E-state index in [1.54, 1.807) is 0 Å². The van der Waals surface area contributed by atoms with E-state index >= 15 is 0 Å². The molecule has 0 spiro atoms. The summed E-state index contributed by atoms with van der Waals surface area (Å²) in [6.07, 6.45) is -8.15. The zero-order valence-electron chi connectivity index (χ0n) is 20.6. The van der Waals surface area contributed by atoms with Gasteiger partial charge in [0.25, 0.3) is 5.91 Å². The van der Waals surface area contributed by atoms with E-state index in [4.69, 9.17) is 9.84 Å². The molecule has 0 bridgehead atoms. The molecular weight excluding hydrogens is 543 g/mol. The molecule has 1 fully saturated rings. The van der Waals surface area contributed by atoms with Gasteiger partial charge in [0.05, 0.1) is 23.1 Å². The van der Waals surface area contributed by atoms with Crippen LogP contribution >= 0.6 is 0 Å². The highest BCUT2D eigenvalue weighted by Gasteiger charge is 2.41. The number of carbonyl (C=O) groups is 3. The molecular formula is C27H21F5N2O6. The summed E-state index contributed by atoms with van der Waals surface area (Å²) in [5, 5.41) is 22.1. The highest BCUT2D eigenvalue weighted by Crippen LogP contribution is 2.37. The van der Waals surface area contributed by atoms with Gasteiger partial charge in [-0.15, -0.1) is 0 Å². The molecule has 3 aromatic rings. The average molecular weight is 564 g/mol. The second-order valence-electron chi connectivity index (χ2n) is 9.02. The molecule has 0 radical (unpaired) electrons. The maximum Gasteiger partial charge on any atom is 0.416 e. The van der Waals surface area contributed by atoms with E-state index in [0.717, 1.165) is 36.4 Å². The first-order valence-electron chi connectivity index (χ1n) is 11.7. The summed E-state index contributed by atoms with van der Waals surface area (Å²) in [7, 11) is 0. The largest absolute Gasteiger partial charge is 0.465 e. The van der Waals surface area contributed by atoms with Crippen LogP contribution in [0.15, 0.2) is 54.6 Å². The van der Waals surface area contributed by atoms with Crippen LogP contribution in [0.1, 0.15) is 39.6 Å². The monoisotopic (exact) mass is 564 g/mol. The smallest absolute Gasteiger partial charge is 0.416 e. The maximum atomic E-state index is 14.6. The van der Waals surface area contributed by atoms with E-state index in [-0.39, 0.29) is 30.2 Å². The van der Waals surface area contributed by atoms with Crippen LogP contribution in [0.5, 0.6) is 11.5 Å². The standard InChI is InChI=1S/C27H21F5N2O6/c1-13-10-15(28)3-7-21(13)40-22-6-2-14(27(30,31)32)11-19(22)24(36)33-16-4-5-20(29)18(12-16)23(35)17-8-9-34(25(17)37)26(38)39/h2-7,10-12,17,23,35H,8-9H2,1H3,(H,33,36)(H,38,39). The highest BCUT2D eigenvalue weighted by molar-refractivity contribution is 6.06. The number of hydrogen-bond acceptors (Lipinski definition) is 5. The number of alkyl halides is 3. The Balaban J connectivity index is 1.64. The number of ether oxygens (including phenoxy) is 1. The van der Waals surface area contributed by atoms with Crippen LogP contribution in [-0.2, 0) is 11.0 Å². The number of hydrogen-bond donors (Lipinski definition) is 3. The number of amides is 3. The molecule has 3 aromatic carbocycles. The van der Waals surface area contributed by atoms with Crippen molar-refractivity contribution in [3.63, 3.8) is 0 Å². The Bertz CT molecular complexity index is 1490. The molecule has 1 saturated heterocycles. The molecule has 2 unspecified atom stereocenters. The average Bonchev–Trinajstić information content (AvgIpc) is 3.27. The van der Waals surface area contributed by atoms with Gasteiger partial charge in [-0.25, -0.2) is 18.5 Å². The number of halogens is 5. The third-order valence-corrected chi connectivity index (χ3v) is 6.34. The van der Waals surface area contributed by atoms with Crippen molar-refractivity contribution in [1.82, 2.24) is 4.90 Å². The van der Waals surface area contributed by atoms with Crippen molar-refractivity contribution < 1.29 is 51.3 Å². The molecule has 2 atom stereocenters. The number of nitrogens with one attached hydrogen (secondary N) is 1. The molecule has 40 heavy (non-hydrogen) atoms. The molecule has 210 valence electrons. The summed E-state index contributed by atoms with van der Waals surface area (Å²) in [4.78, 5) is 37.1. The Hall–Kier alpha value is -4.52. The first kappa shape index (κ1) is 28.5. The van der Waals surface area contributed by atoms with Gasteiger partial charge in [-0.1, -0.05) is 0 Å². The number of anilines is 1. The molecule has 3 N–H and O–H groups in total. The predicted octanol–water partition coefficient (Wildman–Crippen LogP) is 5.90. The predicted molar refractivity (Wildman–Crippen MR) is 130 cm³/mol. The SMILES string of the molecule is Cc1cc(F)ccc1Oc1ccc(C(F)(F)F)cc1C(=O)Nc1ccc(F)c(C(O)C2CCN(C(=O)O)C2=O)c1. The fraction of sp³-hybridized carbons (Fsp3) is 0.222. The first-order chi connectivity index (χ1) is 18.8. The van der Waals surface area contributed by atoms with E-state index in [2.05, 4.69) is 5.32 Å². The molecule has 8 nitrogen and oxygen atoms in total. The Kier molecular flexibility index (Phi) is 7.78. The summed E-state index contributed by atoms with van der Waals surface area (Å²) in [6, 6.07) is 8.59. The zero-order valence-corrected chi connectivity index (χ0v) is 20.6. The van der Waals surface area contributed by atoms with E-state index in [0.29, 0.717) is 22.6 Å². The van der Waals surface area contributed by atoms with Gasteiger partial charge in [0.2, 0.25) is 5.91 Å². The molecule has 0 aromatic heterocycles. The third-order valence-electron chi connectivity index (χ3n) is 6.34. The topological polar surface area (TPSA) is 116 Å². The quantitative estimate of drug-likeness (QED) is 0.321. The van der Waals surface area contributed by atoms with Gasteiger partial charge in [-0.2, -0.15) is 13.2 Å². The number of likely N-dealkylation sites (tertiary alicyclic amines) is 1. The zero-order chi connectivity index (χ0) is 29.4. The fourth-order valence-electron chi connectivity index (χ4n) is 4.27. The van der Waals surface area contributed by atoms with Crippen molar-refractivity contribution in [3.8, 4) is 11.5 Å². The van der Waals surface area contributed by atoms with Gasteiger partial charge in [0.1, 0.15) is 23.1 Å². The summed E-state index contributed by atoms with van der Waals surface area (Å²) in [5.41, 5.74) is -1.95. The van der Waals surface area contributed by atoms with Crippen LogP contribution in [-0.4, -0.2) is 39.6 Å². The molecule has 1 heterocycles. The molecule has 1 aliphatic heterocycles. The number of nitrogens with zero attached hydrogens (tertiary/aromatic N) is 1. The minimum atomic E-state index is -4.80. The van der Waals surface area contributed by atoms with Crippen molar-refractivity contribution in [2.75, 3.05) is 11.9 Å². The summed E-state index contributed by atoms with van der Waals surface area (Å²) >= 11 is 0. The Labute approximate surface area is 223 Å². The number of aryl methyl sites for hydroxylation is 1. The van der Waals surface area contributed by atoms with Crippen LogP contribution in [0.4, 0.5) is 32.4 Å². The summed E-state index contributed by atoms with van der Waals surface area (Å²) < 4.78 is 73.9. The summed E-state index contributed by atoms with van der Waals surface area (Å²) in [6.45, 7) is 1.30. The number of benzene rings is 3. The second-order valence-corrected chi connectivity index (χ2v) is 9.02. The number of aliphatic hydroxyl groups is 1. The first-order valence-corrected chi connectivity index (χ1v) is 11.7. The van der Waals surface area contributed by atoms with E-state index in [1.165, 1.54) is 13.0 Å². The lowest BCUT2D eigenvalue weighted by Gasteiger charge is -2.19. The van der Waals surface area contributed by atoms with Crippen molar-refractivity contribution >= 4 is 23.6 Å². The number of aliphatic hydroxyl groups excluding tert-OH is 1. The third kappa shape index (κ3) is 5.88. The highest BCUT2D eigenvalue weighted by atomic mass is 19.4. The molecule has 0 aliphatic carbocycles. The van der Waals surface area contributed by atoms with Crippen molar-refractivity contribution in [3.05, 3.63) is 88.5 Å². The van der Waals surface area contributed by atoms with Gasteiger partial charge in [0.15, 0.2) is 0 Å². The second kappa shape index (κ2) is 10.9. The van der Waals surface area contributed by atoms with Crippen molar-refractivity contribution in [2.45, 2.75) is 25.6 Å². The fourth-order valence-corrected chi connectivity index (χ4v) is 4.27. The van der Waals surface area contributed by atoms with Crippen LogP contribution in [0.3, 0.4) is 0 Å². The Morgan fingerprint density at radius 3 is 2.38 bits per heavy atom. The summed E-state index contributed by atoms with van der Waals surface area (Å²) in [5.74, 6) is -5.00. The Morgan fingerprint density at radius 2 is 1.75 bits per heavy atom. The number of imide groups is 1. The molecule has 3 amide bonds. The number of rotatable bonds is 6. The molecule has 0 saturated carbocycles. The molecule has 4 rings (SSSR count). The lowest BCUT2D eigenvalue weighted by Crippen LogP contribution is -2.33. The normalized spacial score (nSPS) is 16.1.